The number of aliphatic imine (C=N–C) groups is 1. The molecule has 2 rings (SSSR count). The van der Waals surface area contributed by atoms with Crippen LogP contribution >= 0.6 is 0 Å². The molecule has 1 heterocycles. The summed E-state index contributed by atoms with van der Waals surface area (Å²) < 4.78 is 6.10. The maximum atomic E-state index is 12.0. The van der Waals surface area contributed by atoms with Crippen molar-refractivity contribution < 1.29 is 9.53 Å². The topological polar surface area (TPSA) is 66.0 Å². The lowest BCUT2D eigenvalue weighted by atomic mass is 10.1. The van der Waals surface area contributed by atoms with Gasteiger partial charge in [0.05, 0.1) is 6.10 Å². The van der Waals surface area contributed by atoms with E-state index >= 15 is 0 Å². The van der Waals surface area contributed by atoms with Crippen LogP contribution in [0, 0.1) is 6.92 Å². The fourth-order valence-electron chi connectivity index (χ4n) is 3.61. The molecule has 29 heavy (non-hydrogen) atoms. The van der Waals surface area contributed by atoms with E-state index in [1.807, 2.05) is 4.90 Å². The van der Waals surface area contributed by atoms with Crippen molar-refractivity contribution >= 4 is 11.9 Å². The number of amides is 1. The van der Waals surface area contributed by atoms with Gasteiger partial charge in [-0.15, -0.1) is 0 Å². The number of hydrogen-bond acceptors (Lipinski definition) is 3. The molecule has 0 aliphatic carbocycles. The lowest BCUT2D eigenvalue weighted by Gasteiger charge is -2.27. The summed E-state index contributed by atoms with van der Waals surface area (Å²) in [6.45, 7) is 10.8. The molecule has 162 valence electrons. The van der Waals surface area contributed by atoms with Gasteiger partial charge in [-0.25, -0.2) is 0 Å². The number of nitrogens with zero attached hydrogens (tertiary/aromatic N) is 2. The van der Waals surface area contributed by atoms with E-state index in [-0.39, 0.29) is 6.10 Å². The van der Waals surface area contributed by atoms with Gasteiger partial charge in [0.1, 0.15) is 5.75 Å². The van der Waals surface area contributed by atoms with Crippen LogP contribution in [0.15, 0.2) is 23.2 Å². The molecule has 1 saturated heterocycles. The van der Waals surface area contributed by atoms with E-state index in [1.54, 1.807) is 7.05 Å². The molecule has 0 bridgehead atoms. The summed E-state index contributed by atoms with van der Waals surface area (Å²) in [5.74, 6) is 2.00. The molecule has 0 aromatic heterocycles. The number of rotatable bonds is 10. The van der Waals surface area contributed by atoms with Crippen LogP contribution in [0.3, 0.4) is 0 Å². The highest BCUT2D eigenvalue weighted by Gasteiger charge is 2.26. The average molecular weight is 403 g/mol. The van der Waals surface area contributed by atoms with Gasteiger partial charge in [0.15, 0.2) is 5.96 Å². The first-order valence-electron chi connectivity index (χ1n) is 11.0. The van der Waals surface area contributed by atoms with Gasteiger partial charge in [-0.2, -0.15) is 0 Å². The van der Waals surface area contributed by atoms with Crippen molar-refractivity contribution in [2.24, 2.45) is 4.99 Å². The lowest BCUT2D eigenvalue weighted by molar-refractivity contribution is -0.129. The zero-order valence-corrected chi connectivity index (χ0v) is 18.8. The van der Waals surface area contributed by atoms with Crippen LogP contribution in [0.1, 0.15) is 64.0 Å². The first kappa shape index (κ1) is 23.0. The van der Waals surface area contributed by atoms with Gasteiger partial charge in [0.2, 0.25) is 5.91 Å². The molecular weight excluding hydrogens is 364 g/mol. The standard InChI is InChI=1S/C23H38N4O2/c1-6-18(4)29-21-15-17(3)10-11-19(21)16-26-23(24-5)25-13-12-20(7-2)27-14-8-9-22(27)28/h10-11,15,18,20H,6-9,12-14,16H2,1-5H3,(H2,24,25,26). The van der Waals surface area contributed by atoms with E-state index < -0.39 is 0 Å². The van der Waals surface area contributed by atoms with Gasteiger partial charge in [-0.1, -0.05) is 26.0 Å². The number of carbonyl (C=O) groups is 1. The normalized spacial score (nSPS) is 16.7. The largest absolute Gasteiger partial charge is 0.490 e. The molecule has 0 radical (unpaired) electrons. The van der Waals surface area contributed by atoms with Crippen LogP contribution in [-0.2, 0) is 11.3 Å². The van der Waals surface area contributed by atoms with Gasteiger partial charge in [-0.05, 0) is 51.2 Å². The number of carbonyl (C=O) groups excluding carboxylic acids is 1. The Labute approximate surface area is 176 Å². The highest BCUT2D eigenvalue weighted by molar-refractivity contribution is 5.80. The Balaban J connectivity index is 1.87. The monoisotopic (exact) mass is 402 g/mol. The summed E-state index contributed by atoms with van der Waals surface area (Å²) in [5, 5.41) is 6.77. The number of aryl methyl sites for hydroxylation is 1. The third kappa shape index (κ3) is 6.94. The number of benzene rings is 1. The first-order valence-corrected chi connectivity index (χ1v) is 11.0. The van der Waals surface area contributed by atoms with Crippen molar-refractivity contribution in [3.05, 3.63) is 29.3 Å². The zero-order chi connectivity index (χ0) is 21.2. The van der Waals surface area contributed by atoms with Gasteiger partial charge in [0.25, 0.3) is 0 Å². The quantitative estimate of drug-likeness (QED) is 0.463. The number of ether oxygens (including phenoxy) is 1. The summed E-state index contributed by atoms with van der Waals surface area (Å²) in [6.07, 6.45) is 4.76. The first-order chi connectivity index (χ1) is 14.0. The van der Waals surface area contributed by atoms with Crippen LogP contribution < -0.4 is 15.4 Å². The van der Waals surface area contributed by atoms with E-state index in [1.165, 1.54) is 5.56 Å². The minimum Gasteiger partial charge on any atom is -0.490 e. The van der Waals surface area contributed by atoms with Gasteiger partial charge in [-0.3, -0.25) is 9.79 Å². The fourth-order valence-corrected chi connectivity index (χ4v) is 3.61. The van der Waals surface area contributed by atoms with Crippen molar-refractivity contribution in [3.8, 4) is 5.75 Å². The highest BCUT2D eigenvalue weighted by atomic mass is 16.5. The molecule has 1 aromatic carbocycles. The zero-order valence-electron chi connectivity index (χ0n) is 18.8. The molecule has 0 saturated carbocycles. The highest BCUT2D eigenvalue weighted by Crippen LogP contribution is 2.22. The Morgan fingerprint density at radius 2 is 2.07 bits per heavy atom. The van der Waals surface area contributed by atoms with E-state index in [2.05, 4.69) is 61.5 Å². The smallest absolute Gasteiger partial charge is 0.222 e. The molecule has 6 heteroatoms. The van der Waals surface area contributed by atoms with Crippen LogP contribution in [-0.4, -0.2) is 49.0 Å². The Bertz CT molecular complexity index is 689. The van der Waals surface area contributed by atoms with Crippen LogP contribution in [0.25, 0.3) is 0 Å². The molecule has 1 aliphatic heterocycles. The molecule has 1 amide bonds. The third-order valence-electron chi connectivity index (χ3n) is 5.59. The van der Waals surface area contributed by atoms with Gasteiger partial charge in [0, 0.05) is 44.7 Å². The van der Waals surface area contributed by atoms with Crippen LogP contribution in [0.2, 0.25) is 0 Å². The minimum atomic E-state index is 0.187. The molecule has 1 aromatic rings. The summed E-state index contributed by atoms with van der Waals surface area (Å²) in [4.78, 5) is 18.4. The molecule has 6 nitrogen and oxygen atoms in total. The van der Waals surface area contributed by atoms with E-state index in [0.717, 1.165) is 56.0 Å². The summed E-state index contributed by atoms with van der Waals surface area (Å²) in [5.41, 5.74) is 2.31. The molecule has 2 atom stereocenters. The molecular formula is C23H38N4O2. The molecule has 2 N–H and O–H groups in total. The number of hydrogen-bond donors (Lipinski definition) is 2. The molecule has 1 aliphatic rings. The molecule has 1 fully saturated rings. The number of guanidine groups is 1. The van der Waals surface area contributed by atoms with Crippen LogP contribution in [0.4, 0.5) is 0 Å². The fraction of sp³-hybridized carbons (Fsp3) is 0.652. The maximum absolute atomic E-state index is 12.0. The van der Waals surface area contributed by atoms with Gasteiger partial charge < -0.3 is 20.3 Å². The average Bonchev–Trinajstić information content (AvgIpc) is 3.14. The Hall–Kier alpha value is -2.24. The predicted molar refractivity (Wildman–Crippen MR) is 119 cm³/mol. The van der Waals surface area contributed by atoms with E-state index in [0.29, 0.717) is 24.9 Å². The lowest BCUT2D eigenvalue weighted by Crippen LogP contribution is -2.41. The van der Waals surface area contributed by atoms with Crippen molar-refractivity contribution in [1.82, 2.24) is 15.5 Å². The van der Waals surface area contributed by atoms with Gasteiger partial charge >= 0.3 is 0 Å². The summed E-state index contributed by atoms with van der Waals surface area (Å²) >= 11 is 0. The summed E-state index contributed by atoms with van der Waals surface area (Å²) in [6, 6.07) is 6.62. The Morgan fingerprint density at radius 1 is 1.28 bits per heavy atom. The van der Waals surface area contributed by atoms with Crippen molar-refractivity contribution in [3.63, 3.8) is 0 Å². The minimum absolute atomic E-state index is 0.187. The second-order valence-electron chi connectivity index (χ2n) is 7.84. The second kappa shape index (κ2) is 11.7. The van der Waals surface area contributed by atoms with E-state index in [9.17, 15) is 4.79 Å². The molecule has 0 spiro atoms. The number of likely N-dealkylation sites (tertiary alicyclic amines) is 1. The Morgan fingerprint density at radius 3 is 2.69 bits per heavy atom. The van der Waals surface area contributed by atoms with E-state index in [4.69, 9.17) is 4.74 Å². The SMILES string of the molecule is CCC(C)Oc1cc(C)ccc1CNC(=NC)NCCC(CC)N1CCCC1=O. The summed E-state index contributed by atoms with van der Waals surface area (Å²) in [7, 11) is 1.78. The van der Waals surface area contributed by atoms with Crippen LogP contribution in [0.5, 0.6) is 5.75 Å². The van der Waals surface area contributed by atoms with Crippen molar-refractivity contribution in [2.75, 3.05) is 20.1 Å². The van der Waals surface area contributed by atoms with Crippen molar-refractivity contribution in [1.29, 1.82) is 0 Å². The van der Waals surface area contributed by atoms with Crippen molar-refractivity contribution in [2.45, 2.75) is 78.5 Å². The molecule has 2 unspecified atom stereocenters. The Kier molecular flexibility index (Phi) is 9.29. The predicted octanol–water partition coefficient (Wildman–Crippen LogP) is 3.63. The number of nitrogens with one attached hydrogen (secondary N) is 2. The second-order valence-corrected chi connectivity index (χ2v) is 7.84. The third-order valence-corrected chi connectivity index (χ3v) is 5.59. The maximum Gasteiger partial charge on any atom is 0.222 e.